The van der Waals surface area contributed by atoms with Gasteiger partial charge in [-0.1, -0.05) is 152 Å². The molecule has 8 aromatic carbocycles. The Morgan fingerprint density at radius 2 is 0.878 bits per heavy atom. The van der Waals surface area contributed by atoms with E-state index in [9.17, 15) is 0 Å². The topological polar surface area (TPSA) is 25.2 Å². The minimum Gasteiger partial charge on any atom is -0.455 e. The lowest BCUT2D eigenvalue weighted by atomic mass is 9.70. The minimum absolute atomic E-state index is 0.376. The van der Waals surface area contributed by atoms with Crippen LogP contribution in [-0.2, 0) is 5.41 Å². The maximum absolute atomic E-state index is 6.78. The fourth-order valence-electron chi connectivity index (χ4n) is 8.96. The Morgan fingerprint density at radius 1 is 0.347 bits per heavy atom. The summed E-state index contributed by atoms with van der Waals surface area (Å²) in [4.78, 5) is 0. The lowest BCUT2D eigenvalue weighted by Crippen LogP contribution is -2.25. The first-order valence-corrected chi connectivity index (χ1v) is 16.9. The van der Waals surface area contributed by atoms with Gasteiger partial charge in [0.15, 0.2) is 0 Å². The summed E-state index contributed by atoms with van der Waals surface area (Å²) in [6.45, 7) is 0. The second kappa shape index (κ2) is 9.82. The van der Waals surface area contributed by atoms with Crippen LogP contribution < -0.4 is 5.32 Å². The Kier molecular flexibility index (Phi) is 5.34. The number of hydrogen-bond acceptors (Lipinski definition) is 2. The summed E-state index contributed by atoms with van der Waals surface area (Å²) in [5, 5.41) is 8.54. The molecule has 0 saturated heterocycles. The normalized spacial score (nSPS) is 13.5. The molecule has 11 rings (SSSR count). The monoisotopic (exact) mass is 623 g/mol. The smallest absolute Gasteiger partial charge is 0.143 e. The third kappa shape index (κ3) is 3.45. The standard InChI is InChI=1S/C47H29NO/c1-2-14-30-29(13-1)27-28-36-35-20-11-19-34(46(35)49-45(30)36)33-17-6-10-25-42(33)48-43-26-12-24-41-44(43)37-18-5-9-23-40(37)47(41)38-21-7-3-15-31(38)32-16-4-8-22-39(32)47/h1-28,48H. The van der Waals surface area contributed by atoms with Gasteiger partial charge in [-0.25, -0.2) is 0 Å². The average molecular weight is 624 g/mol. The summed E-state index contributed by atoms with van der Waals surface area (Å²) in [6, 6.07) is 61.6. The summed E-state index contributed by atoms with van der Waals surface area (Å²) in [5.41, 5.74) is 16.3. The van der Waals surface area contributed by atoms with E-state index in [1.165, 1.54) is 49.9 Å². The van der Waals surface area contributed by atoms with Crippen molar-refractivity contribution in [3.05, 3.63) is 192 Å². The highest BCUT2D eigenvalue weighted by Gasteiger charge is 2.51. The number of furan rings is 1. The van der Waals surface area contributed by atoms with E-state index < -0.39 is 0 Å². The lowest BCUT2D eigenvalue weighted by molar-refractivity contribution is 0.674. The molecule has 1 heterocycles. The number of fused-ring (bicyclic) bond motifs is 15. The summed E-state index contributed by atoms with van der Waals surface area (Å²) < 4.78 is 6.78. The summed E-state index contributed by atoms with van der Waals surface area (Å²) >= 11 is 0. The van der Waals surface area contributed by atoms with Crippen LogP contribution >= 0.6 is 0 Å². The minimum atomic E-state index is -0.376. The first kappa shape index (κ1) is 26.7. The van der Waals surface area contributed by atoms with Crippen LogP contribution in [0.25, 0.3) is 66.1 Å². The Balaban J connectivity index is 1.12. The van der Waals surface area contributed by atoms with Crippen molar-refractivity contribution >= 4 is 44.1 Å². The number of hydrogen-bond donors (Lipinski definition) is 1. The molecule has 9 aromatic rings. The molecule has 1 aromatic heterocycles. The first-order chi connectivity index (χ1) is 24.3. The van der Waals surface area contributed by atoms with Crippen LogP contribution in [0.4, 0.5) is 11.4 Å². The second-order valence-corrected chi connectivity index (χ2v) is 13.2. The Morgan fingerprint density at radius 3 is 1.67 bits per heavy atom. The van der Waals surface area contributed by atoms with Gasteiger partial charge in [-0.3, -0.25) is 0 Å². The van der Waals surface area contributed by atoms with Gasteiger partial charge in [-0.05, 0) is 62.5 Å². The number of anilines is 2. The maximum Gasteiger partial charge on any atom is 0.143 e. The molecule has 0 amide bonds. The van der Waals surface area contributed by atoms with Crippen LogP contribution in [-0.4, -0.2) is 0 Å². The van der Waals surface area contributed by atoms with Crippen molar-refractivity contribution in [3.8, 4) is 33.4 Å². The van der Waals surface area contributed by atoms with Crippen LogP contribution in [0.2, 0.25) is 0 Å². The summed E-state index contributed by atoms with van der Waals surface area (Å²) in [5.74, 6) is 0. The van der Waals surface area contributed by atoms with Crippen LogP contribution in [0.1, 0.15) is 22.3 Å². The molecule has 2 nitrogen and oxygen atoms in total. The quantitative estimate of drug-likeness (QED) is 0.212. The third-order valence-corrected chi connectivity index (χ3v) is 10.9. The zero-order chi connectivity index (χ0) is 32.1. The molecular weight excluding hydrogens is 595 g/mol. The van der Waals surface area contributed by atoms with Crippen molar-refractivity contribution in [2.45, 2.75) is 5.41 Å². The van der Waals surface area contributed by atoms with Crippen LogP contribution in [0.3, 0.4) is 0 Å². The molecule has 2 aliphatic rings. The van der Waals surface area contributed by atoms with E-state index in [1.54, 1.807) is 0 Å². The average Bonchev–Trinajstić information content (AvgIpc) is 3.80. The molecule has 1 spiro atoms. The Bertz CT molecular complexity index is 2770. The Hall–Kier alpha value is -6.38. The van der Waals surface area contributed by atoms with Gasteiger partial charge in [-0.15, -0.1) is 0 Å². The lowest BCUT2D eigenvalue weighted by Gasteiger charge is -2.30. The van der Waals surface area contributed by atoms with Crippen LogP contribution in [0, 0.1) is 0 Å². The van der Waals surface area contributed by atoms with Crippen molar-refractivity contribution in [2.24, 2.45) is 0 Å². The van der Waals surface area contributed by atoms with E-state index >= 15 is 0 Å². The Labute approximate surface area is 283 Å². The second-order valence-electron chi connectivity index (χ2n) is 13.2. The molecule has 0 aliphatic heterocycles. The van der Waals surface area contributed by atoms with Gasteiger partial charge in [-0.2, -0.15) is 0 Å². The molecular formula is C47H29NO. The molecule has 2 heteroatoms. The van der Waals surface area contributed by atoms with E-state index in [0.717, 1.165) is 49.8 Å². The van der Waals surface area contributed by atoms with Crippen molar-refractivity contribution in [1.82, 2.24) is 0 Å². The molecule has 0 unspecified atom stereocenters. The number of rotatable bonds is 3. The van der Waals surface area contributed by atoms with Crippen molar-refractivity contribution in [3.63, 3.8) is 0 Å². The molecule has 0 radical (unpaired) electrons. The van der Waals surface area contributed by atoms with E-state index in [0.29, 0.717) is 0 Å². The predicted octanol–water partition coefficient (Wildman–Crippen LogP) is 12.5. The van der Waals surface area contributed by atoms with Crippen molar-refractivity contribution in [2.75, 3.05) is 5.32 Å². The summed E-state index contributed by atoms with van der Waals surface area (Å²) in [7, 11) is 0. The third-order valence-electron chi connectivity index (χ3n) is 10.9. The molecule has 228 valence electrons. The van der Waals surface area contributed by atoms with Gasteiger partial charge in [0.25, 0.3) is 0 Å². The highest BCUT2D eigenvalue weighted by molar-refractivity contribution is 6.17. The molecule has 2 aliphatic carbocycles. The van der Waals surface area contributed by atoms with Gasteiger partial charge in [0.05, 0.1) is 5.41 Å². The number of benzene rings is 8. The van der Waals surface area contributed by atoms with Gasteiger partial charge in [0.1, 0.15) is 11.2 Å². The van der Waals surface area contributed by atoms with Crippen LogP contribution in [0.15, 0.2) is 174 Å². The fourth-order valence-corrected chi connectivity index (χ4v) is 8.96. The number of nitrogens with one attached hydrogen (secondary N) is 1. The van der Waals surface area contributed by atoms with E-state index in [4.69, 9.17) is 4.42 Å². The highest BCUT2D eigenvalue weighted by Crippen LogP contribution is 2.64. The van der Waals surface area contributed by atoms with E-state index in [1.807, 2.05) is 0 Å². The molecule has 0 atom stereocenters. The van der Waals surface area contributed by atoms with Crippen molar-refractivity contribution < 1.29 is 4.42 Å². The SMILES string of the molecule is c1ccc(-c2cccc3c2oc2c4ccccc4ccc32)c(Nc2cccc3c2-c2ccccc2C32c3ccccc3-c3ccccc32)c1. The predicted molar refractivity (Wildman–Crippen MR) is 203 cm³/mol. The fraction of sp³-hybridized carbons (Fsp3) is 0.0213. The molecule has 49 heavy (non-hydrogen) atoms. The molecule has 0 saturated carbocycles. The van der Waals surface area contributed by atoms with Crippen molar-refractivity contribution in [1.29, 1.82) is 0 Å². The van der Waals surface area contributed by atoms with Gasteiger partial charge in [0, 0.05) is 44.2 Å². The van der Waals surface area contributed by atoms with E-state index in [-0.39, 0.29) is 5.41 Å². The van der Waals surface area contributed by atoms with E-state index in [2.05, 4.69) is 175 Å². The number of para-hydroxylation sites is 2. The molecule has 0 fully saturated rings. The maximum atomic E-state index is 6.78. The van der Waals surface area contributed by atoms with Crippen LogP contribution in [0.5, 0.6) is 0 Å². The summed E-state index contributed by atoms with van der Waals surface area (Å²) in [6.07, 6.45) is 0. The van der Waals surface area contributed by atoms with Gasteiger partial charge in [0.2, 0.25) is 0 Å². The molecule has 1 N–H and O–H groups in total. The molecule has 0 bridgehead atoms. The zero-order valence-electron chi connectivity index (χ0n) is 26.6. The van der Waals surface area contributed by atoms with Gasteiger partial charge >= 0.3 is 0 Å². The van der Waals surface area contributed by atoms with Gasteiger partial charge < -0.3 is 9.73 Å². The first-order valence-electron chi connectivity index (χ1n) is 16.9. The zero-order valence-corrected chi connectivity index (χ0v) is 26.6. The largest absolute Gasteiger partial charge is 0.455 e. The highest BCUT2D eigenvalue weighted by atomic mass is 16.3.